The van der Waals surface area contributed by atoms with Crippen molar-refractivity contribution in [3.05, 3.63) is 101 Å². The third-order valence-electron chi connectivity index (χ3n) is 5.46. The second-order valence-electron chi connectivity index (χ2n) is 7.66. The highest BCUT2D eigenvalue weighted by molar-refractivity contribution is 7.19. The fourth-order valence-corrected chi connectivity index (χ4v) is 4.74. The van der Waals surface area contributed by atoms with Crippen LogP contribution in [0.2, 0.25) is 0 Å². The lowest BCUT2D eigenvalue weighted by molar-refractivity contribution is 0.0475. The van der Waals surface area contributed by atoms with Gasteiger partial charge in [0.15, 0.2) is 12.4 Å². The van der Waals surface area contributed by atoms with Crippen LogP contribution < -0.4 is 4.90 Å². The summed E-state index contributed by atoms with van der Waals surface area (Å²) in [5.74, 6) is -0.671. The number of para-hydroxylation sites is 1. The minimum Gasteiger partial charge on any atom is -0.510 e. The Morgan fingerprint density at radius 1 is 0.971 bits per heavy atom. The van der Waals surface area contributed by atoms with Gasteiger partial charge in [0.05, 0.1) is 27.9 Å². The number of hydrogen-bond acceptors (Lipinski definition) is 7. The summed E-state index contributed by atoms with van der Waals surface area (Å²) in [4.78, 5) is 30.7. The summed E-state index contributed by atoms with van der Waals surface area (Å²) in [5.41, 5.74) is 2.64. The molecular weight excluding hydrogens is 450 g/mol. The molecule has 1 aromatic heterocycles. The molecule has 0 bridgehead atoms. The molecule has 2 N–H and O–H groups in total. The van der Waals surface area contributed by atoms with Crippen molar-refractivity contribution in [3.8, 4) is 0 Å². The van der Waals surface area contributed by atoms with Crippen LogP contribution in [0, 0.1) is 5.41 Å². The Labute approximate surface area is 199 Å². The number of ketones is 1. The standard InChI is InChI=1S/C26H19N3O4S/c27-24-23(25-28-19-8-4-5-9-22(19)34-25)20(30)14-29(24)18-12-10-17(11-13-18)26(32)33-15-21(31)16-6-2-1-3-7-16/h1-13,27,30H,14-15H2. The van der Waals surface area contributed by atoms with Crippen molar-refractivity contribution >= 4 is 50.4 Å². The minimum absolute atomic E-state index is 0.0759. The molecule has 5 rings (SSSR count). The van der Waals surface area contributed by atoms with Crippen molar-refractivity contribution in [1.82, 2.24) is 4.98 Å². The highest BCUT2D eigenvalue weighted by atomic mass is 32.1. The van der Waals surface area contributed by atoms with E-state index in [1.807, 2.05) is 30.3 Å². The molecule has 2 heterocycles. The first-order valence-electron chi connectivity index (χ1n) is 10.5. The van der Waals surface area contributed by atoms with Crippen LogP contribution in [0.5, 0.6) is 0 Å². The highest BCUT2D eigenvalue weighted by Gasteiger charge is 2.31. The number of aromatic nitrogens is 1. The largest absolute Gasteiger partial charge is 0.510 e. The van der Waals surface area contributed by atoms with Crippen LogP contribution in [0.1, 0.15) is 25.7 Å². The Morgan fingerprint density at radius 3 is 2.41 bits per heavy atom. The third kappa shape index (κ3) is 4.06. The van der Waals surface area contributed by atoms with Crippen molar-refractivity contribution in [3.63, 3.8) is 0 Å². The van der Waals surface area contributed by atoms with Gasteiger partial charge in [-0.3, -0.25) is 10.2 Å². The van der Waals surface area contributed by atoms with Crippen LogP contribution in [-0.4, -0.2) is 40.8 Å². The summed E-state index contributed by atoms with van der Waals surface area (Å²) in [6, 6.07) is 22.8. The zero-order valence-corrected chi connectivity index (χ0v) is 18.7. The molecule has 8 heteroatoms. The molecular formula is C26H19N3O4S. The van der Waals surface area contributed by atoms with Gasteiger partial charge < -0.3 is 14.7 Å². The average molecular weight is 470 g/mol. The molecule has 34 heavy (non-hydrogen) atoms. The maximum atomic E-state index is 12.4. The number of Topliss-reactive ketones (excluding diaryl/α,β-unsaturated/α-hetero) is 1. The van der Waals surface area contributed by atoms with Crippen molar-refractivity contribution in [1.29, 1.82) is 5.41 Å². The molecule has 0 amide bonds. The summed E-state index contributed by atoms with van der Waals surface area (Å²) in [5, 5.41) is 19.8. The van der Waals surface area contributed by atoms with Gasteiger partial charge in [-0.2, -0.15) is 0 Å². The first-order chi connectivity index (χ1) is 16.5. The Bertz CT molecular complexity index is 1410. The molecule has 0 unspecified atom stereocenters. The van der Waals surface area contributed by atoms with Crippen molar-refractivity contribution < 1.29 is 19.4 Å². The van der Waals surface area contributed by atoms with Crippen LogP contribution in [-0.2, 0) is 4.74 Å². The normalized spacial score (nSPS) is 13.5. The molecule has 168 valence electrons. The molecule has 0 saturated carbocycles. The lowest BCUT2D eigenvalue weighted by Gasteiger charge is -2.18. The predicted octanol–water partition coefficient (Wildman–Crippen LogP) is 5.10. The quantitative estimate of drug-likeness (QED) is 0.301. The second-order valence-corrected chi connectivity index (χ2v) is 8.69. The van der Waals surface area contributed by atoms with Crippen molar-refractivity contribution in [2.75, 3.05) is 18.1 Å². The molecule has 7 nitrogen and oxygen atoms in total. The molecule has 0 atom stereocenters. The first kappa shape index (κ1) is 21.5. The van der Waals surface area contributed by atoms with E-state index in [1.165, 1.54) is 11.3 Å². The van der Waals surface area contributed by atoms with E-state index in [0.29, 0.717) is 27.4 Å². The van der Waals surface area contributed by atoms with Crippen LogP contribution in [0.4, 0.5) is 5.69 Å². The topological polar surface area (TPSA) is 104 Å². The number of nitrogens with zero attached hydrogens (tertiary/aromatic N) is 2. The molecule has 0 saturated heterocycles. The Morgan fingerprint density at radius 2 is 1.68 bits per heavy atom. The summed E-state index contributed by atoms with van der Waals surface area (Å²) >= 11 is 1.43. The van der Waals surface area contributed by atoms with Crippen LogP contribution in [0.15, 0.2) is 84.6 Å². The molecule has 0 aliphatic carbocycles. The predicted molar refractivity (Wildman–Crippen MR) is 132 cm³/mol. The summed E-state index contributed by atoms with van der Waals surface area (Å²) in [6.45, 7) is -0.204. The van der Waals surface area contributed by atoms with Gasteiger partial charge in [0.2, 0.25) is 0 Å². The Balaban J connectivity index is 1.27. The van der Waals surface area contributed by atoms with E-state index < -0.39 is 5.97 Å². The fourth-order valence-electron chi connectivity index (χ4n) is 3.70. The maximum absolute atomic E-state index is 12.4. The highest BCUT2D eigenvalue weighted by Crippen LogP contribution is 2.35. The summed E-state index contributed by atoms with van der Waals surface area (Å²) in [7, 11) is 0. The number of anilines is 1. The number of carbonyl (C=O) groups is 2. The van der Waals surface area contributed by atoms with Crippen molar-refractivity contribution in [2.24, 2.45) is 0 Å². The monoisotopic (exact) mass is 469 g/mol. The van der Waals surface area contributed by atoms with E-state index >= 15 is 0 Å². The number of carbonyl (C=O) groups excluding carboxylic acids is 2. The van der Waals surface area contributed by atoms with Gasteiger partial charge in [0.25, 0.3) is 0 Å². The smallest absolute Gasteiger partial charge is 0.338 e. The maximum Gasteiger partial charge on any atom is 0.338 e. The van der Waals surface area contributed by atoms with Gasteiger partial charge in [-0.05, 0) is 36.4 Å². The van der Waals surface area contributed by atoms with Gasteiger partial charge in [0, 0.05) is 11.3 Å². The zero-order valence-electron chi connectivity index (χ0n) is 17.9. The number of aliphatic hydroxyl groups excluding tert-OH is 1. The van der Waals surface area contributed by atoms with E-state index in [9.17, 15) is 14.7 Å². The van der Waals surface area contributed by atoms with Gasteiger partial charge in [-0.25, -0.2) is 9.78 Å². The summed E-state index contributed by atoms with van der Waals surface area (Å²) < 4.78 is 6.14. The van der Waals surface area contributed by atoms with E-state index in [2.05, 4.69) is 4.98 Å². The third-order valence-corrected chi connectivity index (χ3v) is 6.51. The number of hydrogen-bond donors (Lipinski definition) is 2. The van der Waals surface area contributed by atoms with Gasteiger partial charge in [-0.15, -0.1) is 11.3 Å². The van der Waals surface area contributed by atoms with Gasteiger partial charge in [-0.1, -0.05) is 42.5 Å². The number of aliphatic hydroxyl groups is 1. The van der Waals surface area contributed by atoms with Gasteiger partial charge >= 0.3 is 5.97 Å². The number of rotatable bonds is 6. The van der Waals surface area contributed by atoms with Crippen LogP contribution in [0.3, 0.4) is 0 Å². The number of amidine groups is 1. The molecule has 0 radical (unpaired) electrons. The lowest BCUT2D eigenvalue weighted by atomic mass is 10.1. The number of fused-ring (bicyclic) bond motifs is 1. The van der Waals surface area contributed by atoms with Gasteiger partial charge in [0.1, 0.15) is 16.6 Å². The number of esters is 1. The molecule has 1 aliphatic rings. The molecule has 0 spiro atoms. The molecule has 3 aromatic carbocycles. The molecule has 1 aliphatic heterocycles. The minimum atomic E-state index is -0.608. The van der Waals surface area contributed by atoms with E-state index in [-0.39, 0.29) is 30.5 Å². The molecule has 0 fully saturated rings. The number of benzene rings is 3. The fraction of sp³-hybridized carbons (Fsp3) is 0.0769. The lowest BCUT2D eigenvalue weighted by Crippen LogP contribution is -2.26. The van der Waals surface area contributed by atoms with Crippen LogP contribution in [0.25, 0.3) is 15.8 Å². The van der Waals surface area contributed by atoms with Crippen molar-refractivity contribution in [2.45, 2.75) is 0 Å². The van der Waals surface area contributed by atoms with E-state index in [1.54, 1.807) is 53.4 Å². The first-order valence-corrected chi connectivity index (χ1v) is 11.3. The number of ether oxygens (including phenoxy) is 1. The van der Waals surface area contributed by atoms with E-state index in [4.69, 9.17) is 10.1 Å². The summed E-state index contributed by atoms with van der Waals surface area (Å²) in [6.07, 6.45) is 0. The Kier molecular flexibility index (Phi) is 5.65. The number of nitrogens with one attached hydrogen (secondary N) is 1. The zero-order chi connectivity index (χ0) is 23.7. The SMILES string of the molecule is N=C1C(c2nc3ccccc3s2)=C(O)CN1c1ccc(C(=O)OCC(=O)c2ccccc2)cc1. The second kappa shape index (κ2) is 8.92. The number of thiazole rings is 1. The van der Waals surface area contributed by atoms with Crippen LogP contribution >= 0.6 is 11.3 Å². The average Bonchev–Trinajstić information content (AvgIpc) is 3.42. The molecule has 4 aromatic rings. The van der Waals surface area contributed by atoms with E-state index in [0.717, 1.165) is 10.2 Å². The Hall–Kier alpha value is -4.30.